The maximum Gasteiger partial charge on any atom is 0.416 e. The number of benzene rings is 2. The number of fused-ring (bicyclic) bond motifs is 2. The molecule has 278 valence electrons. The fourth-order valence-electron chi connectivity index (χ4n) is 7.62. The lowest BCUT2D eigenvalue weighted by Gasteiger charge is -2.34. The number of hydrogen-bond acceptors (Lipinski definition) is 5. The largest absolute Gasteiger partial charge is 0.481 e. The molecule has 0 radical (unpaired) electrons. The van der Waals surface area contributed by atoms with Gasteiger partial charge in [-0.15, -0.1) is 6.42 Å². The van der Waals surface area contributed by atoms with E-state index in [1.165, 1.54) is 24.3 Å². The second-order valence-electron chi connectivity index (χ2n) is 14.2. The number of carbonyl (C=O) groups is 2. The van der Waals surface area contributed by atoms with E-state index in [9.17, 15) is 37.1 Å². The maximum atomic E-state index is 16.0. The number of ether oxygens (including phenoxy) is 1. The average molecular weight is 728 g/mol. The van der Waals surface area contributed by atoms with Crippen LogP contribution in [0.25, 0.3) is 11.1 Å². The number of aromatic nitrogens is 1. The smallest absolute Gasteiger partial charge is 0.416 e. The molecule has 1 aromatic heterocycles. The van der Waals surface area contributed by atoms with Gasteiger partial charge in [-0.3, -0.25) is 19.3 Å². The number of carbonyl (C=O) groups excluding carboxylic acids is 1. The third-order valence-electron chi connectivity index (χ3n) is 9.95. The van der Waals surface area contributed by atoms with Crippen LogP contribution in [0.3, 0.4) is 0 Å². The van der Waals surface area contributed by atoms with Crippen molar-refractivity contribution >= 4 is 11.9 Å². The molecule has 1 amide bonds. The predicted octanol–water partition coefficient (Wildman–Crippen LogP) is 6.74. The lowest BCUT2D eigenvalue weighted by atomic mass is 9.90. The summed E-state index contributed by atoms with van der Waals surface area (Å²) in [6.45, 7) is 8.10. The van der Waals surface area contributed by atoms with Crippen molar-refractivity contribution in [3.05, 3.63) is 91.9 Å². The van der Waals surface area contributed by atoms with Crippen LogP contribution in [0.1, 0.15) is 85.0 Å². The molecule has 5 rings (SSSR count). The summed E-state index contributed by atoms with van der Waals surface area (Å²) in [7, 11) is 0. The van der Waals surface area contributed by atoms with Crippen molar-refractivity contribution in [2.45, 2.75) is 90.1 Å². The summed E-state index contributed by atoms with van der Waals surface area (Å²) >= 11 is 0. The van der Waals surface area contributed by atoms with Crippen LogP contribution in [0.4, 0.5) is 22.0 Å². The van der Waals surface area contributed by atoms with Gasteiger partial charge in [0.05, 0.1) is 36.8 Å². The first kappa shape index (κ1) is 38.7. The Labute approximate surface area is 299 Å². The summed E-state index contributed by atoms with van der Waals surface area (Å²) in [5, 5.41) is 12.4. The van der Waals surface area contributed by atoms with E-state index in [1.54, 1.807) is 27.7 Å². The number of halogens is 5. The van der Waals surface area contributed by atoms with Gasteiger partial charge in [-0.2, -0.15) is 13.2 Å². The van der Waals surface area contributed by atoms with E-state index in [0.717, 1.165) is 23.6 Å². The first-order valence-electron chi connectivity index (χ1n) is 17.2. The number of terminal acetylenes is 1. The quantitative estimate of drug-likeness (QED) is 0.159. The predicted molar refractivity (Wildman–Crippen MR) is 185 cm³/mol. The van der Waals surface area contributed by atoms with Crippen molar-refractivity contribution in [2.24, 2.45) is 5.92 Å². The van der Waals surface area contributed by atoms with Crippen molar-refractivity contribution < 1.29 is 41.4 Å². The molecule has 2 bridgehead atoms. The van der Waals surface area contributed by atoms with Crippen LogP contribution in [0.2, 0.25) is 0 Å². The molecule has 2 N–H and O–H groups in total. The minimum atomic E-state index is -4.83. The monoisotopic (exact) mass is 727 g/mol. The number of alkyl halides is 3. The number of aryl methyl sites for hydroxylation is 2. The van der Waals surface area contributed by atoms with E-state index in [-0.39, 0.29) is 47.5 Å². The van der Waals surface area contributed by atoms with Crippen molar-refractivity contribution in [3.63, 3.8) is 0 Å². The highest BCUT2D eigenvalue weighted by Gasteiger charge is 2.39. The second kappa shape index (κ2) is 15.6. The van der Waals surface area contributed by atoms with E-state index in [2.05, 4.69) is 16.1 Å². The molecule has 2 fully saturated rings. The Morgan fingerprint density at radius 3 is 2.25 bits per heavy atom. The van der Waals surface area contributed by atoms with E-state index < -0.39 is 59.3 Å². The summed E-state index contributed by atoms with van der Waals surface area (Å²) in [5.41, 5.74) is -0.892. The summed E-state index contributed by atoms with van der Waals surface area (Å²) < 4.78 is 79.5. The zero-order valence-electron chi connectivity index (χ0n) is 29.4. The third-order valence-corrected chi connectivity index (χ3v) is 9.95. The molecular formula is C39H42F5N3O5. The first-order chi connectivity index (χ1) is 24.5. The summed E-state index contributed by atoms with van der Waals surface area (Å²) in [6, 6.07) is 3.09. The number of aliphatic carboxylic acids is 1. The Bertz CT molecular complexity index is 1910. The number of amides is 1. The van der Waals surface area contributed by atoms with Gasteiger partial charge in [-0.05, 0) is 97.5 Å². The zero-order chi connectivity index (χ0) is 38.1. The zero-order valence-corrected chi connectivity index (χ0v) is 29.4. The second-order valence-corrected chi connectivity index (χ2v) is 14.2. The van der Waals surface area contributed by atoms with Gasteiger partial charge in [0.1, 0.15) is 17.7 Å². The number of pyridine rings is 1. The number of morpholine rings is 1. The normalized spacial score (nSPS) is 18.6. The van der Waals surface area contributed by atoms with Gasteiger partial charge in [-0.1, -0.05) is 19.8 Å². The molecule has 52 heavy (non-hydrogen) atoms. The molecule has 2 unspecified atom stereocenters. The molecule has 2 saturated heterocycles. The number of carboxylic acid groups (broad SMARTS) is 1. The fraction of sp³-hybridized carbons (Fsp3) is 0.462. The number of carboxylic acids is 1. The minimum absolute atomic E-state index is 0.00392. The summed E-state index contributed by atoms with van der Waals surface area (Å²) in [6.07, 6.45) is 2.78. The lowest BCUT2D eigenvalue weighted by Crippen LogP contribution is -2.46. The Hall–Kier alpha value is -4.54. The van der Waals surface area contributed by atoms with Gasteiger partial charge in [0.2, 0.25) is 5.91 Å². The van der Waals surface area contributed by atoms with Gasteiger partial charge in [0.25, 0.3) is 5.56 Å². The topological polar surface area (TPSA) is 101 Å². The van der Waals surface area contributed by atoms with Crippen LogP contribution in [-0.4, -0.2) is 58.3 Å². The van der Waals surface area contributed by atoms with Crippen LogP contribution in [-0.2, 0) is 26.9 Å². The van der Waals surface area contributed by atoms with Crippen molar-refractivity contribution in [1.29, 1.82) is 0 Å². The molecule has 3 aromatic rings. The van der Waals surface area contributed by atoms with Crippen LogP contribution in [0.15, 0.2) is 41.3 Å². The molecule has 4 atom stereocenters. The van der Waals surface area contributed by atoms with Gasteiger partial charge < -0.3 is 19.7 Å². The average Bonchev–Trinajstić information content (AvgIpc) is 3.26. The van der Waals surface area contributed by atoms with Crippen LogP contribution >= 0.6 is 0 Å². The number of nitrogens with zero attached hydrogens (tertiary/aromatic N) is 2. The first-order valence-corrected chi connectivity index (χ1v) is 17.2. The van der Waals surface area contributed by atoms with E-state index in [1.807, 2.05) is 0 Å². The molecule has 2 aliphatic heterocycles. The Morgan fingerprint density at radius 2 is 1.69 bits per heavy atom. The molecule has 0 spiro atoms. The molecule has 2 aromatic carbocycles. The minimum Gasteiger partial charge on any atom is -0.481 e. The SMILES string of the molecule is C#Cc1cc(-c2c(C)cc(F)cc2C)cc([C@H](CC(=O)O)NC(=O)[C@H](CC(C)C)n2cc(CCN3C4CCC3COC4)c(C(F)(F)F)cc2=O)c1F. The molecule has 2 aliphatic rings. The standard InChI is InChI=1S/C39H42F5N3O5/c1-6-24-14-26(36-22(4)12-27(40)13-23(36)5)15-30(37(24)41)32(17-35(49)50)45-38(51)33(11-21(2)3)47-18-25(31(16-34(47)48)39(42,43)44)9-10-46-28-7-8-29(46)20-52-19-28/h1,12-16,18,21,28-29,32-33H,7-11,17,19-20H2,2-5H3,(H,45,51)(H,49,50)/t28?,29?,32-,33-/m0/s1. The maximum absolute atomic E-state index is 16.0. The van der Waals surface area contributed by atoms with Crippen molar-refractivity contribution in [1.82, 2.24) is 14.8 Å². The highest BCUT2D eigenvalue weighted by atomic mass is 19.4. The molecule has 13 heteroatoms. The van der Waals surface area contributed by atoms with Gasteiger partial charge in [-0.25, -0.2) is 8.78 Å². The van der Waals surface area contributed by atoms with Crippen LogP contribution < -0.4 is 10.9 Å². The lowest BCUT2D eigenvalue weighted by molar-refractivity contribution is -0.139. The van der Waals surface area contributed by atoms with Gasteiger partial charge >= 0.3 is 12.1 Å². The van der Waals surface area contributed by atoms with Crippen molar-refractivity contribution in [2.75, 3.05) is 19.8 Å². The summed E-state index contributed by atoms with van der Waals surface area (Å²) in [4.78, 5) is 41.8. The molecule has 0 saturated carbocycles. The highest BCUT2D eigenvalue weighted by molar-refractivity contribution is 5.82. The number of nitrogens with one attached hydrogen (secondary N) is 1. The van der Waals surface area contributed by atoms with Crippen LogP contribution in [0.5, 0.6) is 0 Å². The van der Waals surface area contributed by atoms with E-state index in [0.29, 0.717) is 48.1 Å². The molecule has 8 nitrogen and oxygen atoms in total. The molecule has 0 aliphatic carbocycles. The van der Waals surface area contributed by atoms with E-state index in [4.69, 9.17) is 11.2 Å². The number of rotatable bonds is 12. The van der Waals surface area contributed by atoms with Crippen molar-refractivity contribution in [3.8, 4) is 23.5 Å². The number of hydrogen-bond donors (Lipinski definition) is 2. The Kier molecular flexibility index (Phi) is 11.6. The van der Waals surface area contributed by atoms with Crippen LogP contribution in [0, 0.1) is 43.7 Å². The Morgan fingerprint density at radius 1 is 1.06 bits per heavy atom. The fourth-order valence-corrected chi connectivity index (χ4v) is 7.62. The highest BCUT2D eigenvalue weighted by Crippen LogP contribution is 2.36. The Balaban J connectivity index is 1.55. The molecule has 3 heterocycles. The molecular weight excluding hydrogens is 685 g/mol. The van der Waals surface area contributed by atoms with Gasteiger partial charge in [0.15, 0.2) is 0 Å². The summed E-state index contributed by atoms with van der Waals surface area (Å²) in [5.74, 6) is -1.71. The van der Waals surface area contributed by atoms with Gasteiger partial charge in [0, 0.05) is 36.5 Å². The third kappa shape index (κ3) is 8.40. The van der Waals surface area contributed by atoms with E-state index >= 15 is 4.39 Å².